The van der Waals surface area contributed by atoms with Crippen LogP contribution in [0.5, 0.6) is 0 Å². The summed E-state index contributed by atoms with van der Waals surface area (Å²) in [6.07, 6.45) is 2.80. The Morgan fingerprint density at radius 1 is 1.50 bits per heavy atom. The summed E-state index contributed by atoms with van der Waals surface area (Å²) >= 11 is 1.72. The zero-order valence-electron chi connectivity index (χ0n) is 10.6. The number of thiophene rings is 1. The SMILES string of the molecule is NCC(CC(=O)N1CCCC1)NCc1cccs1. The lowest BCUT2D eigenvalue weighted by Crippen LogP contribution is -2.41. The number of likely N-dealkylation sites (tertiary alicyclic amines) is 1. The van der Waals surface area contributed by atoms with Crippen molar-refractivity contribution >= 4 is 17.2 Å². The van der Waals surface area contributed by atoms with E-state index in [1.807, 2.05) is 11.0 Å². The minimum atomic E-state index is 0.0835. The molecule has 0 spiro atoms. The zero-order chi connectivity index (χ0) is 12.8. The molecule has 1 saturated heterocycles. The Bertz CT molecular complexity index is 360. The number of nitrogens with zero attached hydrogens (tertiary/aromatic N) is 1. The molecule has 0 aliphatic carbocycles. The molecule has 1 fully saturated rings. The van der Waals surface area contributed by atoms with Crippen molar-refractivity contribution in [2.45, 2.75) is 31.8 Å². The van der Waals surface area contributed by atoms with Crippen LogP contribution in [-0.4, -0.2) is 36.5 Å². The average Bonchev–Trinajstić information content (AvgIpc) is 3.05. The van der Waals surface area contributed by atoms with E-state index in [1.54, 1.807) is 11.3 Å². The summed E-state index contributed by atoms with van der Waals surface area (Å²) in [5.74, 6) is 0.238. The maximum Gasteiger partial charge on any atom is 0.224 e. The topological polar surface area (TPSA) is 58.4 Å². The van der Waals surface area contributed by atoms with E-state index in [0.717, 1.165) is 32.5 Å². The molecule has 1 amide bonds. The van der Waals surface area contributed by atoms with Crippen molar-refractivity contribution in [3.8, 4) is 0 Å². The number of hydrogen-bond donors (Lipinski definition) is 2. The Morgan fingerprint density at radius 3 is 2.89 bits per heavy atom. The molecule has 1 atom stereocenters. The molecule has 1 unspecified atom stereocenters. The molecule has 2 heterocycles. The summed E-state index contributed by atoms with van der Waals surface area (Å²) in [4.78, 5) is 15.2. The highest BCUT2D eigenvalue weighted by molar-refractivity contribution is 7.09. The number of amides is 1. The number of nitrogens with two attached hydrogens (primary N) is 1. The van der Waals surface area contributed by atoms with Gasteiger partial charge in [0.1, 0.15) is 0 Å². The van der Waals surface area contributed by atoms with Crippen molar-refractivity contribution in [3.05, 3.63) is 22.4 Å². The molecule has 0 saturated carbocycles. The molecule has 2 rings (SSSR count). The highest BCUT2D eigenvalue weighted by Crippen LogP contribution is 2.11. The number of rotatable bonds is 6. The molecule has 0 radical (unpaired) electrons. The van der Waals surface area contributed by atoms with Gasteiger partial charge in [-0.15, -0.1) is 11.3 Å². The van der Waals surface area contributed by atoms with Gasteiger partial charge in [0, 0.05) is 43.5 Å². The third kappa shape index (κ3) is 3.80. The fourth-order valence-corrected chi connectivity index (χ4v) is 2.86. The fraction of sp³-hybridized carbons (Fsp3) is 0.615. The van der Waals surface area contributed by atoms with Crippen LogP contribution in [-0.2, 0) is 11.3 Å². The third-order valence-corrected chi connectivity index (χ3v) is 4.19. The van der Waals surface area contributed by atoms with Gasteiger partial charge in [-0.2, -0.15) is 0 Å². The number of carbonyl (C=O) groups excluding carboxylic acids is 1. The predicted molar refractivity (Wildman–Crippen MR) is 74.4 cm³/mol. The van der Waals surface area contributed by atoms with Gasteiger partial charge in [-0.1, -0.05) is 6.07 Å². The fourth-order valence-electron chi connectivity index (χ4n) is 2.20. The van der Waals surface area contributed by atoms with Crippen LogP contribution in [0.1, 0.15) is 24.1 Å². The maximum absolute atomic E-state index is 12.0. The van der Waals surface area contributed by atoms with Crippen molar-refractivity contribution in [1.82, 2.24) is 10.2 Å². The Balaban J connectivity index is 1.75. The van der Waals surface area contributed by atoms with Crippen molar-refractivity contribution in [2.24, 2.45) is 5.73 Å². The van der Waals surface area contributed by atoms with Gasteiger partial charge in [0.25, 0.3) is 0 Å². The van der Waals surface area contributed by atoms with E-state index < -0.39 is 0 Å². The Labute approximate surface area is 112 Å². The molecular formula is C13H21N3OS. The standard InChI is InChI=1S/C13H21N3OS/c14-9-11(15-10-12-4-3-7-18-12)8-13(17)16-5-1-2-6-16/h3-4,7,11,15H,1-2,5-6,8-10,14H2. The Kier molecular flexibility index (Phi) is 5.16. The van der Waals surface area contributed by atoms with Gasteiger partial charge in [-0.25, -0.2) is 0 Å². The van der Waals surface area contributed by atoms with Crippen LogP contribution in [0.15, 0.2) is 17.5 Å². The largest absolute Gasteiger partial charge is 0.343 e. The van der Waals surface area contributed by atoms with Gasteiger partial charge in [0.15, 0.2) is 0 Å². The summed E-state index contributed by atoms with van der Waals surface area (Å²) in [5.41, 5.74) is 5.73. The molecular weight excluding hydrogens is 246 g/mol. The highest BCUT2D eigenvalue weighted by Gasteiger charge is 2.20. The van der Waals surface area contributed by atoms with E-state index in [2.05, 4.69) is 16.8 Å². The lowest BCUT2D eigenvalue weighted by molar-refractivity contribution is -0.130. The van der Waals surface area contributed by atoms with E-state index in [4.69, 9.17) is 5.73 Å². The molecule has 0 aromatic carbocycles. The lowest BCUT2D eigenvalue weighted by atomic mass is 10.2. The smallest absolute Gasteiger partial charge is 0.224 e. The van der Waals surface area contributed by atoms with Crippen LogP contribution in [0.3, 0.4) is 0 Å². The van der Waals surface area contributed by atoms with Crippen molar-refractivity contribution in [3.63, 3.8) is 0 Å². The van der Waals surface area contributed by atoms with Gasteiger partial charge in [-0.05, 0) is 24.3 Å². The highest BCUT2D eigenvalue weighted by atomic mass is 32.1. The second-order valence-corrected chi connectivity index (χ2v) is 5.72. The second kappa shape index (κ2) is 6.87. The first-order valence-electron chi connectivity index (χ1n) is 6.53. The number of carbonyl (C=O) groups is 1. The summed E-state index contributed by atoms with van der Waals surface area (Å²) in [6, 6.07) is 4.21. The van der Waals surface area contributed by atoms with Crippen LogP contribution < -0.4 is 11.1 Å². The normalized spacial score (nSPS) is 17.1. The van der Waals surface area contributed by atoms with Crippen molar-refractivity contribution in [2.75, 3.05) is 19.6 Å². The van der Waals surface area contributed by atoms with Gasteiger partial charge >= 0.3 is 0 Å². The molecule has 18 heavy (non-hydrogen) atoms. The first-order chi connectivity index (χ1) is 8.79. The van der Waals surface area contributed by atoms with E-state index in [-0.39, 0.29) is 11.9 Å². The van der Waals surface area contributed by atoms with Gasteiger partial charge in [-0.3, -0.25) is 4.79 Å². The third-order valence-electron chi connectivity index (χ3n) is 3.31. The minimum Gasteiger partial charge on any atom is -0.343 e. The molecule has 1 aromatic heterocycles. The molecule has 5 heteroatoms. The maximum atomic E-state index is 12.0. The Hall–Kier alpha value is -0.910. The van der Waals surface area contributed by atoms with Gasteiger partial charge < -0.3 is 16.0 Å². The lowest BCUT2D eigenvalue weighted by Gasteiger charge is -2.20. The van der Waals surface area contributed by atoms with E-state index in [0.29, 0.717) is 13.0 Å². The van der Waals surface area contributed by atoms with Gasteiger partial charge in [0.05, 0.1) is 0 Å². The van der Waals surface area contributed by atoms with Crippen LogP contribution >= 0.6 is 11.3 Å². The van der Waals surface area contributed by atoms with Crippen molar-refractivity contribution in [1.29, 1.82) is 0 Å². The molecule has 0 bridgehead atoms. The van der Waals surface area contributed by atoms with E-state index in [1.165, 1.54) is 4.88 Å². The quantitative estimate of drug-likeness (QED) is 0.813. The molecule has 1 aliphatic heterocycles. The Morgan fingerprint density at radius 2 is 2.28 bits per heavy atom. The summed E-state index contributed by atoms with van der Waals surface area (Å²) in [6.45, 7) is 3.14. The molecule has 3 N–H and O–H groups in total. The summed E-state index contributed by atoms with van der Waals surface area (Å²) < 4.78 is 0. The summed E-state index contributed by atoms with van der Waals surface area (Å²) in [7, 11) is 0. The average molecular weight is 267 g/mol. The monoisotopic (exact) mass is 267 g/mol. The number of hydrogen-bond acceptors (Lipinski definition) is 4. The number of nitrogens with one attached hydrogen (secondary N) is 1. The van der Waals surface area contributed by atoms with Crippen LogP contribution in [0.4, 0.5) is 0 Å². The molecule has 1 aliphatic rings. The van der Waals surface area contributed by atoms with Crippen LogP contribution in [0.25, 0.3) is 0 Å². The van der Waals surface area contributed by atoms with Crippen LogP contribution in [0, 0.1) is 0 Å². The van der Waals surface area contributed by atoms with E-state index >= 15 is 0 Å². The summed E-state index contributed by atoms with van der Waals surface area (Å²) in [5, 5.41) is 5.42. The molecule has 4 nitrogen and oxygen atoms in total. The molecule has 1 aromatic rings. The predicted octanol–water partition coefficient (Wildman–Crippen LogP) is 1.18. The molecule has 100 valence electrons. The second-order valence-electron chi connectivity index (χ2n) is 4.68. The first-order valence-corrected chi connectivity index (χ1v) is 7.41. The van der Waals surface area contributed by atoms with Crippen molar-refractivity contribution < 1.29 is 4.79 Å². The van der Waals surface area contributed by atoms with Crippen LogP contribution in [0.2, 0.25) is 0 Å². The zero-order valence-corrected chi connectivity index (χ0v) is 11.4. The first kappa shape index (κ1) is 13.5. The minimum absolute atomic E-state index is 0.0835. The van der Waals surface area contributed by atoms with Gasteiger partial charge in [0.2, 0.25) is 5.91 Å². The van der Waals surface area contributed by atoms with E-state index in [9.17, 15) is 4.79 Å².